The Hall–Kier alpha value is -1.46. The van der Waals surface area contributed by atoms with Gasteiger partial charge in [0.2, 0.25) is 0 Å². The second-order valence-corrected chi connectivity index (χ2v) is 6.30. The molecule has 4 nitrogen and oxygen atoms in total. The molecule has 2 aromatic rings. The molecule has 1 saturated heterocycles. The van der Waals surface area contributed by atoms with E-state index in [2.05, 4.69) is 23.8 Å². The number of hydrogen-bond acceptors (Lipinski definition) is 4. The van der Waals surface area contributed by atoms with Gasteiger partial charge in [0.05, 0.1) is 19.7 Å². The van der Waals surface area contributed by atoms with E-state index in [1.165, 1.54) is 0 Å². The fraction of sp³-hybridized carbons (Fsp3) is 0.467. The molecule has 0 bridgehead atoms. The van der Waals surface area contributed by atoms with Gasteiger partial charge in [-0.1, -0.05) is 25.4 Å². The molecule has 0 atom stereocenters. The Bertz CT molecular complexity index is 686. The molecule has 3 rings (SSSR count). The molecule has 0 aromatic carbocycles. The maximum atomic E-state index is 13.9. The summed E-state index contributed by atoms with van der Waals surface area (Å²) in [5.41, 5.74) is -0.433. The van der Waals surface area contributed by atoms with Crippen molar-refractivity contribution in [3.05, 3.63) is 29.2 Å². The fourth-order valence-electron chi connectivity index (χ4n) is 2.72. The first-order valence-corrected chi connectivity index (χ1v) is 7.30. The Morgan fingerprint density at radius 1 is 1.33 bits per heavy atom. The summed E-state index contributed by atoms with van der Waals surface area (Å²) < 4.78 is 13.9. The van der Waals surface area contributed by atoms with E-state index in [1.54, 1.807) is 6.20 Å². The average Bonchev–Trinajstić information content (AvgIpc) is 2.42. The van der Waals surface area contributed by atoms with Crippen molar-refractivity contribution in [1.82, 2.24) is 9.97 Å². The molecular weight excluding hydrogens is 293 g/mol. The summed E-state index contributed by atoms with van der Waals surface area (Å²) >= 11 is 6.00. The van der Waals surface area contributed by atoms with E-state index in [9.17, 15) is 4.39 Å². The van der Waals surface area contributed by atoms with Crippen LogP contribution in [0.3, 0.4) is 0 Å². The maximum absolute atomic E-state index is 13.9. The molecule has 0 radical (unpaired) electrons. The molecule has 0 spiro atoms. The second-order valence-electron chi connectivity index (χ2n) is 5.91. The van der Waals surface area contributed by atoms with Crippen molar-refractivity contribution in [1.29, 1.82) is 0 Å². The van der Waals surface area contributed by atoms with Crippen molar-refractivity contribution in [2.45, 2.75) is 25.4 Å². The average molecular weight is 310 g/mol. The van der Waals surface area contributed by atoms with Crippen molar-refractivity contribution < 1.29 is 9.50 Å². The minimum Gasteiger partial charge on any atom is -0.393 e. The molecule has 1 aliphatic rings. The van der Waals surface area contributed by atoms with E-state index in [4.69, 9.17) is 16.7 Å². The monoisotopic (exact) mass is 309 g/mol. The molecule has 2 aromatic heterocycles. The van der Waals surface area contributed by atoms with Gasteiger partial charge in [0.1, 0.15) is 11.0 Å². The van der Waals surface area contributed by atoms with Crippen molar-refractivity contribution in [3.8, 4) is 0 Å². The van der Waals surface area contributed by atoms with Crippen LogP contribution in [-0.2, 0) is 0 Å². The molecular formula is C15H17ClFN3O. The first-order chi connectivity index (χ1) is 9.93. The van der Waals surface area contributed by atoms with E-state index in [0.29, 0.717) is 16.9 Å². The van der Waals surface area contributed by atoms with Gasteiger partial charge in [0.15, 0.2) is 5.67 Å². The van der Waals surface area contributed by atoms with Gasteiger partial charge in [-0.3, -0.25) is 0 Å². The number of aliphatic hydroxyl groups excluding tert-OH is 1. The Labute approximate surface area is 127 Å². The molecule has 1 aliphatic heterocycles. The predicted octanol–water partition coefficient (Wildman–Crippen LogP) is 2.93. The highest BCUT2D eigenvalue weighted by atomic mass is 35.5. The summed E-state index contributed by atoms with van der Waals surface area (Å²) in [7, 11) is 0. The number of nitrogens with zero attached hydrogens (tertiary/aromatic N) is 3. The van der Waals surface area contributed by atoms with Gasteiger partial charge < -0.3 is 10.0 Å². The molecule has 1 N–H and O–H groups in total. The summed E-state index contributed by atoms with van der Waals surface area (Å²) in [6, 6.07) is 1.83. The fourth-order valence-corrected chi connectivity index (χ4v) is 2.87. The third-order valence-electron chi connectivity index (χ3n) is 3.90. The molecule has 21 heavy (non-hydrogen) atoms. The highest BCUT2D eigenvalue weighted by molar-refractivity contribution is 6.30. The number of halogens is 2. The quantitative estimate of drug-likeness (QED) is 0.886. The largest absolute Gasteiger partial charge is 0.393 e. The lowest BCUT2D eigenvalue weighted by atomic mass is 9.95. The highest BCUT2D eigenvalue weighted by Gasteiger charge is 2.44. The van der Waals surface area contributed by atoms with Crippen molar-refractivity contribution >= 4 is 28.2 Å². The van der Waals surface area contributed by atoms with Crippen LogP contribution in [0.4, 0.5) is 10.2 Å². The first-order valence-electron chi connectivity index (χ1n) is 6.92. The Balaban J connectivity index is 2.07. The number of aliphatic hydroxyl groups is 1. The van der Waals surface area contributed by atoms with E-state index < -0.39 is 12.3 Å². The maximum Gasteiger partial charge on any atom is 0.168 e. The third kappa shape index (κ3) is 2.45. The SMILES string of the molecule is CC(C)c1cnc(N2CC(F)(CO)C2)c2cnc(Cl)cc12. The number of rotatable bonds is 3. The van der Waals surface area contributed by atoms with Crippen LogP contribution in [0, 0.1) is 0 Å². The standard InChI is InChI=1S/C15H17ClFN3O/c1-9(2)11-4-19-14(20-6-15(17,7-20)8-21)12-5-18-13(16)3-10(11)12/h3-5,9,21H,6-8H2,1-2H3. The van der Waals surface area contributed by atoms with E-state index in [-0.39, 0.29) is 13.1 Å². The highest BCUT2D eigenvalue weighted by Crippen LogP contribution is 2.36. The molecule has 0 unspecified atom stereocenters. The molecule has 1 fully saturated rings. The minimum absolute atomic E-state index is 0.148. The lowest BCUT2D eigenvalue weighted by Gasteiger charge is -2.44. The zero-order chi connectivity index (χ0) is 15.2. The van der Waals surface area contributed by atoms with E-state index in [0.717, 1.165) is 16.3 Å². The molecule has 3 heterocycles. The Kier molecular flexibility index (Phi) is 3.50. The summed E-state index contributed by atoms with van der Waals surface area (Å²) in [4.78, 5) is 10.4. The lowest BCUT2D eigenvalue weighted by molar-refractivity contribution is 0.0442. The van der Waals surface area contributed by atoms with Gasteiger partial charge in [-0.15, -0.1) is 0 Å². The van der Waals surface area contributed by atoms with Crippen LogP contribution >= 0.6 is 11.6 Å². The van der Waals surface area contributed by atoms with Crippen LogP contribution in [0.15, 0.2) is 18.5 Å². The Morgan fingerprint density at radius 3 is 2.67 bits per heavy atom. The van der Waals surface area contributed by atoms with Crippen LogP contribution in [-0.4, -0.2) is 40.4 Å². The summed E-state index contributed by atoms with van der Waals surface area (Å²) in [6.45, 7) is 4.01. The normalized spacial score (nSPS) is 17.3. The summed E-state index contributed by atoms with van der Waals surface area (Å²) in [5, 5.41) is 11.3. The predicted molar refractivity (Wildman–Crippen MR) is 81.8 cm³/mol. The van der Waals surface area contributed by atoms with Gasteiger partial charge in [-0.2, -0.15) is 0 Å². The zero-order valence-electron chi connectivity index (χ0n) is 12.0. The smallest absolute Gasteiger partial charge is 0.168 e. The van der Waals surface area contributed by atoms with Crippen LogP contribution < -0.4 is 4.90 Å². The third-order valence-corrected chi connectivity index (χ3v) is 4.11. The number of pyridine rings is 2. The van der Waals surface area contributed by atoms with Gasteiger partial charge in [0.25, 0.3) is 0 Å². The number of aromatic nitrogens is 2. The van der Waals surface area contributed by atoms with Gasteiger partial charge in [-0.05, 0) is 22.9 Å². The number of alkyl halides is 1. The molecule has 112 valence electrons. The Morgan fingerprint density at radius 2 is 2.05 bits per heavy atom. The van der Waals surface area contributed by atoms with Crippen molar-refractivity contribution in [2.75, 3.05) is 24.6 Å². The minimum atomic E-state index is -1.52. The topological polar surface area (TPSA) is 49.2 Å². The summed E-state index contributed by atoms with van der Waals surface area (Å²) in [5.74, 6) is 1.00. The zero-order valence-corrected chi connectivity index (χ0v) is 12.7. The van der Waals surface area contributed by atoms with E-state index >= 15 is 0 Å². The second kappa shape index (κ2) is 5.07. The first kappa shape index (κ1) is 14.5. The van der Waals surface area contributed by atoms with Gasteiger partial charge in [0, 0.05) is 17.8 Å². The van der Waals surface area contributed by atoms with Crippen LogP contribution in [0.2, 0.25) is 5.15 Å². The number of anilines is 1. The molecule has 0 aliphatic carbocycles. The number of hydrogen-bond donors (Lipinski definition) is 1. The number of fused-ring (bicyclic) bond motifs is 1. The molecule has 0 amide bonds. The van der Waals surface area contributed by atoms with Crippen LogP contribution in [0.5, 0.6) is 0 Å². The molecule has 0 saturated carbocycles. The van der Waals surface area contributed by atoms with Gasteiger partial charge in [-0.25, -0.2) is 14.4 Å². The van der Waals surface area contributed by atoms with E-state index in [1.807, 2.05) is 17.2 Å². The lowest BCUT2D eigenvalue weighted by Crippen LogP contribution is -2.61. The van der Waals surface area contributed by atoms with Gasteiger partial charge >= 0.3 is 0 Å². The van der Waals surface area contributed by atoms with Crippen molar-refractivity contribution in [3.63, 3.8) is 0 Å². The summed E-state index contributed by atoms with van der Waals surface area (Å²) in [6.07, 6.45) is 3.50. The van der Waals surface area contributed by atoms with Crippen molar-refractivity contribution in [2.24, 2.45) is 0 Å². The molecule has 6 heteroatoms. The van der Waals surface area contributed by atoms with Crippen LogP contribution in [0.1, 0.15) is 25.3 Å². The van der Waals surface area contributed by atoms with Crippen LogP contribution in [0.25, 0.3) is 10.8 Å².